The molecule has 0 N–H and O–H groups in total. The number of carbonyl (C=O) groups excluding carboxylic acids is 1. The summed E-state index contributed by atoms with van der Waals surface area (Å²) in [4.78, 5) is 13.9. The van der Waals surface area contributed by atoms with Crippen LogP contribution in [0.4, 0.5) is 0 Å². The third-order valence-corrected chi connectivity index (χ3v) is 4.64. The summed E-state index contributed by atoms with van der Waals surface area (Å²) in [5.41, 5.74) is 0. The predicted molar refractivity (Wildman–Crippen MR) is 72.2 cm³/mol. The molecule has 0 atom stereocenters. The molecule has 0 aliphatic carbocycles. The first-order valence-corrected chi connectivity index (χ1v) is 8.10. The van der Waals surface area contributed by atoms with Crippen LogP contribution in [-0.4, -0.2) is 82.0 Å². The minimum Gasteiger partial charge on any atom is -0.382 e. The minimum atomic E-state index is -3.10. The van der Waals surface area contributed by atoms with Crippen molar-refractivity contribution >= 4 is 14.9 Å². The lowest BCUT2D eigenvalue weighted by molar-refractivity contribution is 0.0157. The van der Waals surface area contributed by atoms with Crippen LogP contribution in [0.2, 0.25) is 0 Å². The predicted octanol–water partition coefficient (Wildman–Crippen LogP) is -0.211. The molecule has 0 saturated carbocycles. The second-order valence-corrected chi connectivity index (χ2v) is 6.16. The summed E-state index contributed by atoms with van der Waals surface area (Å²) in [5.74, 6) is 0. The maximum atomic E-state index is 10.3. The van der Waals surface area contributed by atoms with Crippen LogP contribution in [-0.2, 0) is 32.3 Å². The van der Waals surface area contributed by atoms with Crippen LogP contribution in [0.25, 0.3) is 0 Å². The summed E-state index contributed by atoms with van der Waals surface area (Å²) < 4.78 is 31.7. The van der Waals surface area contributed by atoms with Gasteiger partial charge < -0.3 is 27.5 Å². The van der Waals surface area contributed by atoms with Crippen molar-refractivity contribution in [1.29, 1.82) is 0 Å². The normalized spacial score (nSPS) is 11.3. The fraction of sp³-hybridized carbons (Fsp3) is 0.909. The molecule has 9 heteroatoms. The maximum Gasteiger partial charge on any atom is 0.524 e. The highest BCUT2D eigenvalue weighted by Crippen LogP contribution is 2.11. The molecule has 0 aliphatic heterocycles. The zero-order valence-electron chi connectivity index (χ0n) is 12.3. The van der Waals surface area contributed by atoms with Gasteiger partial charge in [-0.25, -0.2) is 9.79 Å². The SMILES string of the molecule is COCCO[Si](CN=C=O)(OCCOC)OCCOC. The van der Waals surface area contributed by atoms with Gasteiger partial charge in [-0.3, -0.25) is 0 Å². The van der Waals surface area contributed by atoms with E-state index in [1.807, 2.05) is 0 Å². The first-order chi connectivity index (χ1) is 9.74. The molecule has 8 nitrogen and oxygen atoms in total. The third-order valence-electron chi connectivity index (χ3n) is 2.17. The van der Waals surface area contributed by atoms with Gasteiger partial charge in [-0.15, -0.1) is 0 Å². The Bertz CT molecular complexity index is 247. The Morgan fingerprint density at radius 3 is 1.50 bits per heavy atom. The van der Waals surface area contributed by atoms with Crippen molar-refractivity contribution in [3.8, 4) is 0 Å². The molecule has 0 aromatic carbocycles. The number of methoxy groups -OCH3 is 3. The van der Waals surface area contributed by atoms with E-state index in [-0.39, 0.29) is 26.0 Å². The molecule has 0 fully saturated rings. The smallest absolute Gasteiger partial charge is 0.382 e. The summed E-state index contributed by atoms with van der Waals surface area (Å²) in [6.45, 7) is 2.04. The Labute approximate surface area is 120 Å². The standard InChI is InChI=1S/C11H23NO7Si/c1-14-4-7-17-20(11-12-10-13,18-8-5-15-2)19-9-6-16-3/h4-9,11H2,1-3H3. The van der Waals surface area contributed by atoms with Gasteiger partial charge in [0.15, 0.2) is 0 Å². The lowest BCUT2D eigenvalue weighted by Crippen LogP contribution is -2.51. The summed E-state index contributed by atoms with van der Waals surface area (Å²) >= 11 is 0. The van der Waals surface area contributed by atoms with Crippen LogP contribution in [0.1, 0.15) is 0 Å². The van der Waals surface area contributed by atoms with Gasteiger partial charge in [0, 0.05) is 21.3 Å². The summed E-state index contributed by atoms with van der Waals surface area (Å²) in [5, 5.41) is 0. The molecule has 0 rings (SSSR count). The number of isocyanates is 1. The molecular formula is C11H23NO7Si. The maximum absolute atomic E-state index is 10.3. The van der Waals surface area contributed by atoms with E-state index < -0.39 is 8.80 Å². The second-order valence-electron chi connectivity index (χ2n) is 3.61. The summed E-state index contributed by atoms with van der Waals surface area (Å²) in [6, 6.07) is 0. The molecule has 0 spiro atoms. The van der Waals surface area contributed by atoms with Crippen molar-refractivity contribution in [2.24, 2.45) is 4.99 Å². The van der Waals surface area contributed by atoms with E-state index >= 15 is 0 Å². The molecule has 0 bridgehead atoms. The number of rotatable bonds is 14. The quantitative estimate of drug-likeness (QED) is 0.190. The summed E-state index contributed by atoms with van der Waals surface area (Å²) in [6.07, 6.45) is 1.48. The van der Waals surface area contributed by atoms with Crippen LogP contribution >= 0.6 is 0 Å². The summed E-state index contributed by atoms with van der Waals surface area (Å²) in [7, 11) is 1.59. The number of hydrogen-bond acceptors (Lipinski definition) is 8. The number of aliphatic imine (C=N–C) groups is 1. The number of hydrogen-bond donors (Lipinski definition) is 0. The highest BCUT2D eigenvalue weighted by Gasteiger charge is 2.41. The zero-order valence-corrected chi connectivity index (χ0v) is 13.3. The Morgan fingerprint density at radius 2 is 1.20 bits per heavy atom. The minimum absolute atomic E-state index is 0.00758. The lowest BCUT2D eigenvalue weighted by Gasteiger charge is -2.27. The van der Waals surface area contributed by atoms with E-state index in [0.717, 1.165) is 0 Å². The van der Waals surface area contributed by atoms with E-state index in [2.05, 4.69) is 4.99 Å². The first-order valence-electron chi connectivity index (χ1n) is 6.17. The number of ether oxygens (including phenoxy) is 3. The van der Waals surface area contributed by atoms with Gasteiger partial charge in [0.2, 0.25) is 6.08 Å². The van der Waals surface area contributed by atoms with Crippen LogP contribution in [0.15, 0.2) is 4.99 Å². The van der Waals surface area contributed by atoms with Crippen molar-refractivity contribution in [1.82, 2.24) is 0 Å². The molecular weight excluding hydrogens is 286 g/mol. The second kappa shape index (κ2) is 13.3. The van der Waals surface area contributed by atoms with Gasteiger partial charge in [-0.05, 0) is 0 Å². The molecule has 0 aromatic rings. The van der Waals surface area contributed by atoms with Crippen molar-refractivity contribution in [3.63, 3.8) is 0 Å². The van der Waals surface area contributed by atoms with Crippen molar-refractivity contribution in [2.45, 2.75) is 0 Å². The van der Waals surface area contributed by atoms with E-state index in [0.29, 0.717) is 19.8 Å². The fourth-order valence-electron chi connectivity index (χ4n) is 1.23. The Balaban J connectivity index is 4.60. The van der Waals surface area contributed by atoms with Crippen LogP contribution < -0.4 is 0 Å². The van der Waals surface area contributed by atoms with E-state index in [4.69, 9.17) is 27.5 Å². The highest BCUT2D eigenvalue weighted by atomic mass is 28.4. The average molecular weight is 309 g/mol. The molecule has 0 radical (unpaired) electrons. The Kier molecular flexibility index (Phi) is 12.9. The first kappa shape index (κ1) is 19.4. The van der Waals surface area contributed by atoms with Gasteiger partial charge in [-0.2, -0.15) is 0 Å². The molecule has 0 heterocycles. The topological polar surface area (TPSA) is 84.8 Å². The van der Waals surface area contributed by atoms with Gasteiger partial charge >= 0.3 is 8.80 Å². The van der Waals surface area contributed by atoms with Gasteiger partial charge in [0.1, 0.15) is 6.17 Å². The van der Waals surface area contributed by atoms with E-state index in [1.165, 1.54) is 6.08 Å². The van der Waals surface area contributed by atoms with Gasteiger partial charge in [0.05, 0.1) is 39.6 Å². The van der Waals surface area contributed by atoms with E-state index in [9.17, 15) is 4.79 Å². The monoisotopic (exact) mass is 309 g/mol. The molecule has 0 aromatic heterocycles. The number of nitrogens with zero attached hydrogens (tertiary/aromatic N) is 1. The molecule has 0 aliphatic rings. The molecule has 0 amide bonds. The van der Waals surface area contributed by atoms with Crippen LogP contribution in [0, 0.1) is 0 Å². The average Bonchev–Trinajstić information content (AvgIpc) is 2.46. The van der Waals surface area contributed by atoms with Gasteiger partial charge in [0.25, 0.3) is 0 Å². The van der Waals surface area contributed by atoms with Gasteiger partial charge in [-0.1, -0.05) is 0 Å². The highest BCUT2D eigenvalue weighted by molar-refractivity contribution is 6.61. The fourth-order valence-corrected chi connectivity index (χ4v) is 3.20. The largest absolute Gasteiger partial charge is 0.524 e. The molecule has 20 heavy (non-hydrogen) atoms. The molecule has 118 valence electrons. The van der Waals surface area contributed by atoms with Crippen molar-refractivity contribution < 1.29 is 32.3 Å². The molecule has 0 unspecified atom stereocenters. The van der Waals surface area contributed by atoms with Crippen LogP contribution in [0.5, 0.6) is 0 Å². The Morgan fingerprint density at radius 1 is 0.800 bits per heavy atom. The van der Waals surface area contributed by atoms with Crippen LogP contribution in [0.3, 0.4) is 0 Å². The van der Waals surface area contributed by atoms with Crippen molar-refractivity contribution in [3.05, 3.63) is 0 Å². The molecule has 0 saturated heterocycles. The zero-order chi connectivity index (χ0) is 15.1. The lowest BCUT2D eigenvalue weighted by atomic mass is 10.8. The van der Waals surface area contributed by atoms with Crippen molar-refractivity contribution in [2.75, 3.05) is 67.1 Å². The third kappa shape index (κ3) is 9.29. The van der Waals surface area contributed by atoms with E-state index in [1.54, 1.807) is 21.3 Å². The Hall–Kier alpha value is -0.643.